The lowest BCUT2D eigenvalue weighted by atomic mass is 10.2. The van der Waals surface area contributed by atoms with Gasteiger partial charge in [0.15, 0.2) is 11.5 Å². The number of aliphatic hydroxyl groups excluding tert-OH is 1. The lowest BCUT2D eigenvalue weighted by molar-refractivity contribution is 0.112. The Labute approximate surface area is 103 Å². The van der Waals surface area contributed by atoms with Crippen LogP contribution < -0.4 is 9.47 Å². The van der Waals surface area contributed by atoms with Crippen molar-refractivity contribution in [1.82, 2.24) is 0 Å². The van der Waals surface area contributed by atoms with Gasteiger partial charge in [-0.2, -0.15) is 0 Å². The molecule has 0 fully saturated rings. The second kappa shape index (κ2) is 7.17. The highest BCUT2D eigenvalue weighted by molar-refractivity contribution is 5.39. The number of benzene rings is 1. The number of para-hydroxylation sites is 2. The summed E-state index contributed by atoms with van der Waals surface area (Å²) in [6.07, 6.45) is 1.20. The molecule has 3 nitrogen and oxygen atoms in total. The molecule has 2 unspecified atom stereocenters. The predicted molar refractivity (Wildman–Crippen MR) is 68.6 cm³/mol. The van der Waals surface area contributed by atoms with Crippen LogP contribution in [0, 0.1) is 0 Å². The Morgan fingerprint density at radius 2 is 1.82 bits per heavy atom. The Morgan fingerprint density at radius 3 is 2.41 bits per heavy atom. The van der Waals surface area contributed by atoms with Gasteiger partial charge in [0.1, 0.15) is 0 Å². The van der Waals surface area contributed by atoms with E-state index in [4.69, 9.17) is 9.47 Å². The molecule has 0 bridgehead atoms. The molecule has 1 rings (SSSR count). The van der Waals surface area contributed by atoms with Gasteiger partial charge in [0.05, 0.1) is 18.8 Å². The molecular formula is C14H22O3. The maximum atomic E-state index is 9.30. The molecule has 0 heterocycles. The van der Waals surface area contributed by atoms with Crippen LogP contribution >= 0.6 is 0 Å². The summed E-state index contributed by atoms with van der Waals surface area (Å²) < 4.78 is 11.4. The van der Waals surface area contributed by atoms with Gasteiger partial charge in [0.2, 0.25) is 0 Å². The van der Waals surface area contributed by atoms with Gasteiger partial charge in [0.25, 0.3) is 0 Å². The van der Waals surface area contributed by atoms with E-state index in [1.165, 1.54) is 0 Å². The molecule has 0 aliphatic carbocycles. The standard InChI is InChI=1S/C14H22O3/c1-4-9-16-13-7-5-6-8-14(13)17-12(3)10-11(2)15/h5-8,11-12,15H,4,9-10H2,1-3H3. The van der Waals surface area contributed by atoms with Crippen LogP contribution in [0.25, 0.3) is 0 Å². The smallest absolute Gasteiger partial charge is 0.161 e. The third-order valence-electron chi connectivity index (χ3n) is 2.31. The van der Waals surface area contributed by atoms with Crippen LogP contribution in [0.5, 0.6) is 11.5 Å². The average molecular weight is 238 g/mol. The Balaban J connectivity index is 2.62. The second-order valence-corrected chi connectivity index (χ2v) is 4.31. The summed E-state index contributed by atoms with van der Waals surface area (Å²) in [5.74, 6) is 1.51. The molecule has 0 aromatic heterocycles. The fourth-order valence-electron chi connectivity index (χ4n) is 1.62. The van der Waals surface area contributed by atoms with Crippen LogP contribution in [-0.4, -0.2) is 23.9 Å². The molecule has 0 aliphatic rings. The van der Waals surface area contributed by atoms with Crippen molar-refractivity contribution in [2.45, 2.75) is 45.8 Å². The topological polar surface area (TPSA) is 38.7 Å². The number of hydrogen-bond donors (Lipinski definition) is 1. The summed E-state index contributed by atoms with van der Waals surface area (Å²) >= 11 is 0. The van der Waals surface area contributed by atoms with E-state index in [1.807, 2.05) is 31.2 Å². The molecular weight excluding hydrogens is 216 g/mol. The predicted octanol–water partition coefficient (Wildman–Crippen LogP) is 3.01. The maximum absolute atomic E-state index is 9.30. The molecule has 1 N–H and O–H groups in total. The van der Waals surface area contributed by atoms with Crippen LogP contribution in [0.1, 0.15) is 33.6 Å². The number of rotatable bonds is 7. The molecule has 0 aliphatic heterocycles. The van der Waals surface area contributed by atoms with Crippen LogP contribution in [0.4, 0.5) is 0 Å². The van der Waals surface area contributed by atoms with E-state index >= 15 is 0 Å². The van der Waals surface area contributed by atoms with Crippen molar-refractivity contribution in [3.8, 4) is 11.5 Å². The second-order valence-electron chi connectivity index (χ2n) is 4.31. The SMILES string of the molecule is CCCOc1ccccc1OC(C)CC(C)O. The van der Waals surface area contributed by atoms with Gasteiger partial charge in [0, 0.05) is 6.42 Å². The first-order valence-corrected chi connectivity index (χ1v) is 6.20. The minimum absolute atomic E-state index is 0.0265. The minimum Gasteiger partial charge on any atom is -0.490 e. The van der Waals surface area contributed by atoms with Crippen LogP contribution in [-0.2, 0) is 0 Å². The molecule has 0 saturated carbocycles. The molecule has 1 aromatic carbocycles. The van der Waals surface area contributed by atoms with Crippen molar-refractivity contribution in [2.75, 3.05) is 6.61 Å². The maximum Gasteiger partial charge on any atom is 0.161 e. The molecule has 0 amide bonds. The zero-order valence-corrected chi connectivity index (χ0v) is 10.8. The number of hydrogen-bond acceptors (Lipinski definition) is 3. The summed E-state index contributed by atoms with van der Waals surface area (Å²) in [6.45, 7) is 6.47. The minimum atomic E-state index is -0.353. The fraction of sp³-hybridized carbons (Fsp3) is 0.571. The molecule has 17 heavy (non-hydrogen) atoms. The van der Waals surface area contributed by atoms with E-state index in [0.717, 1.165) is 17.9 Å². The van der Waals surface area contributed by atoms with Crippen LogP contribution in [0.15, 0.2) is 24.3 Å². The Morgan fingerprint density at radius 1 is 1.18 bits per heavy atom. The quantitative estimate of drug-likeness (QED) is 0.793. The van der Waals surface area contributed by atoms with Gasteiger partial charge >= 0.3 is 0 Å². The third-order valence-corrected chi connectivity index (χ3v) is 2.31. The fourth-order valence-corrected chi connectivity index (χ4v) is 1.62. The van der Waals surface area contributed by atoms with E-state index in [9.17, 15) is 5.11 Å². The van der Waals surface area contributed by atoms with E-state index in [0.29, 0.717) is 13.0 Å². The molecule has 3 heteroatoms. The van der Waals surface area contributed by atoms with Crippen molar-refractivity contribution in [3.05, 3.63) is 24.3 Å². The molecule has 0 radical (unpaired) electrons. The first-order valence-electron chi connectivity index (χ1n) is 6.20. The van der Waals surface area contributed by atoms with Crippen molar-refractivity contribution >= 4 is 0 Å². The molecule has 0 saturated heterocycles. The van der Waals surface area contributed by atoms with Gasteiger partial charge in [-0.15, -0.1) is 0 Å². The monoisotopic (exact) mass is 238 g/mol. The van der Waals surface area contributed by atoms with Crippen molar-refractivity contribution in [1.29, 1.82) is 0 Å². The van der Waals surface area contributed by atoms with Crippen molar-refractivity contribution in [3.63, 3.8) is 0 Å². The third kappa shape index (κ3) is 5.09. The molecule has 96 valence electrons. The van der Waals surface area contributed by atoms with Crippen LogP contribution in [0.3, 0.4) is 0 Å². The highest BCUT2D eigenvalue weighted by Crippen LogP contribution is 2.28. The van der Waals surface area contributed by atoms with Crippen molar-refractivity contribution in [2.24, 2.45) is 0 Å². The summed E-state index contributed by atoms with van der Waals surface area (Å²) in [4.78, 5) is 0. The highest BCUT2D eigenvalue weighted by Gasteiger charge is 2.11. The van der Waals surface area contributed by atoms with E-state index in [2.05, 4.69) is 6.92 Å². The highest BCUT2D eigenvalue weighted by atomic mass is 16.5. The van der Waals surface area contributed by atoms with Gasteiger partial charge in [-0.1, -0.05) is 19.1 Å². The lowest BCUT2D eigenvalue weighted by Crippen LogP contribution is -2.18. The molecule has 2 atom stereocenters. The van der Waals surface area contributed by atoms with Crippen molar-refractivity contribution < 1.29 is 14.6 Å². The van der Waals surface area contributed by atoms with Gasteiger partial charge in [-0.25, -0.2) is 0 Å². The first kappa shape index (κ1) is 13.8. The summed E-state index contributed by atoms with van der Waals surface area (Å²) in [7, 11) is 0. The summed E-state index contributed by atoms with van der Waals surface area (Å²) in [5.41, 5.74) is 0. The molecule has 0 spiro atoms. The number of ether oxygens (including phenoxy) is 2. The zero-order chi connectivity index (χ0) is 12.7. The molecule has 1 aromatic rings. The zero-order valence-electron chi connectivity index (χ0n) is 10.8. The summed E-state index contributed by atoms with van der Waals surface area (Å²) in [5, 5.41) is 9.30. The average Bonchev–Trinajstić information content (AvgIpc) is 2.26. The lowest BCUT2D eigenvalue weighted by Gasteiger charge is -2.18. The van der Waals surface area contributed by atoms with Gasteiger partial charge < -0.3 is 14.6 Å². The number of aliphatic hydroxyl groups is 1. The normalized spacial score (nSPS) is 14.1. The Kier molecular flexibility index (Phi) is 5.84. The Bertz CT molecular complexity index is 323. The van der Waals surface area contributed by atoms with Crippen LogP contribution in [0.2, 0.25) is 0 Å². The van der Waals surface area contributed by atoms with E-state index in [-0.39, 0.29) is 12.2 Å². The first-order chi connectivity index (χ1) is 8.13. The Hall–Kier alpha value is -1.22. The van der Waals surface area contributed by atoms with Gasteiger partial charge in [-0.3, -0.25) is 0 Å². The van der Waals surface area contributed by atoms with Gasteiger partial charge in [-0.05, 0) is 32.4 Å². The summed E-state index contributed by atoms with van der Waals surface area (Å²) in [6, 6.07) is 7.64. The van der Waals surface area contributed by atoms with E-state index < -0.39 is 0 Å². The largest absolute Gasteiger partial charge is 0.490 e. The van der Waals surface area contributed by atoms with E-state index in [1.54, 1.807) is 6.92 Å².